The van der Waals surface area contributed by atoms with E-state index in [4.69, 9.17) is 27.9 Å². The van der Waals surface area contributed by atoms with Crippen LogP contribution in [0.15, 0.2) is 28.3 Å². The highest BCUT2D eigenvalue weighted by atomic mass is 35.5. The Kier molecular flexibility index (Phi) is 6.03. The molecule has 0 radical (unpaired) electrons. The van der Waals surface area contributed by atoms with Gasteiger partial charge in [-0.25, -0.2) is 24.7 Å². The summed E-state index contributed by atoms with van der Waals surface area (Å²) in [5.41, 5.74) is -0.328. The molecule has 2 aromatic rings. The second-order valence-electron chi connectivity index (χ2n) is 3.89. The molecule has 0 aliphatic rings. The number of thiazole rings is 1. The van der Waals surface area contributed by atoms with Crippen LogP contribution in [0.25, 0.3) is 5.76 Å². The summed E-state index contributed by atoms with van der Waals surface area (Å²) < 4.78 is 4.90. The predicted octanol–water partition coefficient (Wildman–Crippen LogP) is 3.47. The Morgan fingerprint density at radius 2 is 2.26 bits per heavy atom. The van der Waals surface area contributed by atoms with Gasteiger partial charge in [-0.2, -0.15) is 0 Å². The van der Waals surface area contributed by atoms with Crippen molar-refractivity contribution in [2.24, 2.45) is 4.99 Å². The number of halogens is 2. The third-order valence-corrected chi connectivity index (χ3v) is 3.52. The highest BCUT2D eigenvalue weighted by Gasteiger charge is 2.20. The number of carbonyl (C=O) groups is 1. The van der Waals surface area contributed by atoms with E-state index < -0.39 is 11.7 Å². The van der Waals surface area contributed by atoms with Crippen LogP contribution in [0.4, 0.5) is 5.13 Å². The maximum atomic E-state index is 12.0. The van der Waals surface area contributed by atoms with E-state index in [1.165, 1.54) is 17.5 Å². The molecule has 120 valence electrons. The van der Waals surface area contributed by atoms with Crippen molar-refractivity contribution in [1.82, 2.24) is 15.0 Å². The molecule has 0 saturated carbocycles. The SMILES string of the molecule is CCOC(=O)C(C=Nc1nccs1)=C(O)c1ncc(Cl)nc1Cl. The minimum Gasteiger partial charge on any atom is -0.505 e. The van der Waals surface area contributed by atoms with Gasteiger partial charge in [-0.1, -0.05) is 23.2 Å². The van der Waals surface area contributed by atoms with Gasteiger partial charge in [-0.15, -0.1) is 11.3 Å². The highest BCUT2D eigenvalue weighted by molar-refractivity contribution is 7.13. The zero-order chi connectivity index (χ0) is 16.8. The molecular weight excluding hydrogens is 363 g/mol. The molecule has 0 spiro atoms. The lowest BCUT2D eigenvalue weighted by Gasteiger charge is -2.07. The van der Waals surface area contributed by atoms with Crippen LogP contribution in [0.5, 0.6) is 0 Å². The van der Waals surface area contributed by atoms with Crippen molar-refractivity contribution in [2.45, 2.75) is 6.92 Å². The van der Waals surface area contributed by atoms with Crippen molar-refractivity contribution in [1.29, 1.82) is 0 Å². The van der Waals surface area contributed by atoms with Crippen molar-refractivity contribution in [3.63, 3.8) is 0 Å². The van der Waals surface area contributed by atoms with E-state index in [-0.39, 0.29) is 28.2 Å². The van der Waals surface area contributed by atoms with Crippen LogP contribution in [-0.4, -0.2) is 38.8 Å². The lowest BCUT2D eigenvalue weighted by atomic mass is 10.2. The maximum absolute atomic E-state index is 12.0. The standard InChI is InChI=1S/C13H10Cl2N4O3S/c1-2-22-12(21)7(5-18-13-16-3-4-23-13)10(20)9-11(15)19-8(14)6-17-9/h3-6,20H,2H2,1H3. The van der Waals surface area contributed by atoms with Crippen LogP contribution in [0.1, 0.15) is 12.6 Å². The van der Waals surface area contributed by atoms with E-state index in [1.807, 2.05) is 0 Å². The van der Waals surface area contributed by atoms with Crippen LogP contribution >= 0.6 is 34.5 Å². The normalized spacial score (nSPS) is 12.3. The van der Waals surface area contributed by atoms with E-state index in [2.05, 4.69) is 19.9 Å². The van der Waals surface area contributed by atoms with Gasteiger partial charge < -0.3 is 9.84 Å². The largest absolute Gasteiger partial charge is 0.505 e. The first kappa shape index (κ1) is 17.3. The highest BCUT2D eigenvalue weighted by Crippen LogP contribution is 2.23. The molecule has 10 heteroatoms. The first-order valence-electron chi connectivity index (χ1n) is 6.25. The van der Waals surface area contributed by atoms with Gasteiger partial charge in [0.25, 0.3) is 0 Å². The van der Waals surface area contributed by atoms with E-state index in [1.54, 1.807) is 18.5 Å². The van der Waals surface area contributed by atoms with E-state index in [9.17, 15) is 9.90 Å². The number of aliphatic hydroxyl groups is 1. The minimum absolute atomic E-state index is 0.0562. The van der Waals surface area contributed by atoms with Crippen LogP contribution in [0, 0.1) is 0 Å². The molecule has 0 aliphatic heterocycles. The Morgan fingerprint density at radius 1 is 1.48 bits per heavy atom. The minimum atomic E-state index is -0.780. The molecule has 7 nitrogen and oxygen atoms in total. The molecule has 0 aromatic carbocycles. The second kappa shape index (κ2) is 8.00. The van der Waals surface area contributed by atoms with Gasteiger partial charge in [0.1, 0.15) is 16.4 Å². The third kappa shape index (κ3) is 4.47. The molecule has 0 bridgehead atoms. The van der Waals surface area contributed by atoms with Gasteiger partial charge in [-0.3, -0.25) is 0 Å². The number of rotatable bonds is 5. The first-order valence-corrected chi connectivity index (χ1v) is 7.88. The van der Waals surface area contributed by atoms with Crippen LogP contribution < -0.4 is 0 Å². The first-order chi connectivity index (χ1) is 11.0. The Bertz CT molecular complexity index is 763. The van der Waals surface area contributed by atoms with Crippen LogP contribution in [0.3, 0.4) is 0 Å². The summed E-state index contributed by atoms with van der Waals surface area (Å²) in [4.78, 5) is 27.6. The fraction of sp³-hybridized carbons (Fsp3) is 0.154. The maximum Gasteiger partial charge on any atom is 0.343 e. The van der Waals surface area contributed by atoms with Crippen molar-refractivity contribution in [3.05, 3.63) is 39.3 Å². The molecule has 0 fully saturated rings. The molecule has 1 N–H and O–H groups in total. The van der Waals surface area contributed by atoms with E-state index in [0.717, 1.165) is 6.21 Å². The van der Waals surface area contributed by atoms with Gasteiger partial charge in [0.2, 0.25) is 5.13 Å². The Hall–Kier alpha value is -2.03. The predicted molar refractivity (Wildman–Crippen MR) is 88.5 cm³/mol. The molecule has 0 unspecified atom stereocenters. The lowest BCUT2D eigenvalue weighted by Crippen LogP contribution is -2.12. The van der Waals surface area contributed by atoms with Gasteiger partial charge in [-0.05, 0) is 6.92 Å². The summed E-state index contributed by atoms with van der Waals surface area (Å²) in [7, 11) is 0. The summed E-state index contributed by atoms with van der Waals surface area (Å²) in [5, 5.41) is 12.4. The van der Waals surface area contributed by atoms with Crippen LogP contribution in [-0.2, 0) is 9.53 Å². The summed E-state index contributed by atoms with van der Waals surface area (Å²) in [6, 6.07) is 0. The topological polar surface area (TPSA) is 97.6 Å². The average Bonchev–Trinajstić information content (AvgIpc) is 3.01. The molecular formula is C13H10Cl2N4O3S. The Balaban J connectivity index is 2.47. The fourth-order valence-corrected chi connectivity index (χ4v) is 2.34. The summed E-state index contributed by atoms with van der Waals surface area (Å²) in [5.74, 6) is -1.30. The molecule has 0 atom stereocenters. The van der Waals surface area contributed by atoms with Crippen molar-refractivity contribution < 1.29 is 14.6 Å². The molecule has 2 heterocycles. The van der Waals surface area contributed by atoms with Crippen molar-refractivity contribution >= 4 is 57.6 Å². The number of nitrogens with zero attached hydrogens (tertiary/aromatic N) is 4. The third-order valence-electron chi connectivity index (χ3n) is 2.40. The van der Waals surface area contributed by atoms with Crippen LogP contribution in [0.2, 0.25) is 10.3 Å². The molecule has 23 heavy (non-hydrogen) atoms. The summed E-state index contributed by atoms with van der Waals surface area (Å²) in [6.07, 6.45) is 3.89. The summed E-state index contributed by atoms with van der Waals surface area (Å²) in [6.45, 7) is 1.76. The number of ether oxygens (including phenoxy) is 1. The van der Waals surface area contributed by atoms with Crippen molar-refractivity contribution in [3.8, 4) is 0 Å². The molecule has 0 amide bonds. The van der Waals surface area contributed by atoms with Gasteiger partial charge in [0.05, 0.1) is 12.8 Å². The Labute approximate surface area is 145 Å². The second-order valence-corrected chi connectivity index (χ2v) is 5.51. The molecule has 0 saturated heterocycles. The van der Waals surface area contributed by atoms with Gasteiger partial charge >= 0.3 is 5.97 Å². The lowest BCUT2D eigenvalue weighted by molar-refractivity contribution is -0.137. The number of esters is 1. The molecule has 2 aromatic heterocycles. The monoisotopic (exact) mass is 372 g/mol. The van der Waals surface area contributed by atoms with E-state index >= 15 is 0 Å². The average molecular weight is 373 g/mol. The Morgan fingerprint density at radius 3 is 2.87 bits per heavy atom. The zero-order valence-electron chi connectivity index (χ0n) is 11.7. The quantitative estimate of drug-likeness (QED) is 0.373. The zero-order valence-corrected chi connectivity index (χ0v) is 14.1. The molecule has 0 aliphatic carbocycles. The number of aliphatic hydroxyl groups excluding tert-OH is 1. The van der Waals surface area contributed by atoms with Gasteiger partial charge in [0, 0.05) is 17.8 Å². The molecule has 2 rings (SSSR count). The number of hydrogen-bond donors (Lipinski definition) is 1. The summed E-state index contributed by atoms with van der Waals surface area (Å²) >= 11 is 12.8. The number of aromatic nitrogens is 3. The van der Waals surface area contributed by atoms with E-state index in [0.29, 0.717) is 5.13 Å². The smallest absolute Gasteiger partial charge is 0.343 e. The number of hydrogen-bond acceptors (Lipinski definition) is 8. The fourth-order valence-electron chi connectivity index (χ4n) is 1.45. The number of aliphatic imine (C=N–C) groups is 1. The van der Waals surface area contributed by atoms with Gasteiger partial charge in [0.15, 0.2) is 10.9 Å². The van der Waals surface area contributed by atoms with Crippen molar-refractivity contribution in [2.75, 3.05) is 6.61 Å². The number of carbonyl (C=O) groups excluding carboxylic acids is 1.